The highest BCUT2D eigenvalue weighted by molar-refractivity contribution is 9.09. The lowest BCUT2D eigenvalue weighted by molar-refractivity contribution is -0.115. The van der Waals surface area contributed by atoms with Gasteiger partial charge in [-0.15, -0.1) is 0 Å². The number of rotatable bonds is 3. The Morgan fingerprint density at radius 3 is 2.86 bits per heavy atom. The highest BCUT2D eigenvalue weighted by Crippen LogP contribution is 2.17. The van der Waals surface area contributed by atoms with Gasteiger partial charge in [0.25, 0.3) is 0 Å². The molecule has 1 aromatic rings. The molecule has 3 nitrogen and oxygen atoms in total. The van der Waals surface area contributed by atoms with Crippen LogP contribution in [0.4, 0.5) is 0 Å². The summed E-state index contributed by atoms with van der Waals surface area (Å²) in [6, 6.07) is 6.44. The maximum Gasteiger partial charge on any atom is 0.147 e. The number of alkyl halides is 1. The summed E-state index contributed by atoms with van der Waals surface area (Å²) >= 11 is 3.06. The molecular formula is C10H8BrNO2. The van der Waals surface area contributed by atoms with Crippen LogP contribution in [0.1, 0.15) is 11.1 Å². The first-order valence-electron chi connectivity index (χ1n) is 3.97. The molecule has 0 aliphatic carbocycles. The van der Waals surface area contributed by atoms with Gasteiger partial charge in [0.15, 0.2) is 0 Å². The number of aromatic hydroxyl groups is 1. The number of carbonyl (C=O) groups excluding carboxylic acids is 1. The minimum Gasteiger partial charge on any atom is -0.507 e. The molecule has 72 valence electrons. The van der Waals surface area contributed by atoms with E-state index in [2.05, 4.69) is 15.9 Å². The van der Waals surface area contributed by atoms with Gasteiger partial charge in [-0.25, -0.2) is 0 Å². The van der Waals surface area contributed by atoms with Crippen molar-refractivity contribution in [3.8, 4) is 11.8 Å². The predicted octanol–water partition coefficient (Wildman–Crippen LogP) is 1.77. The molecular weight excluding hydrogens is 246 g/mol. The number of nitriles is 1. The smallest absolute Gasteiger partial charge is 0.147 e. The SMILES string of the molecule is N#Cc1cc(CC(=O)CBr)ccc1O. The Hall–Kier alpha value is -1.34. The first-order chi connectivity index (χ1) is 6.67. The summed E-state index contributed by atoms with van der Waals surface area (Å²) < 4.78 is 0. The molecule has 0 amide bonds. The monoisotopic (exact) mass is 253 g/mol. The van der Waals surface area contributed by atoms with Crippen molar-refractivity contribution in [1.82, 2.24) is 0 Å². The van der Waals surface area contributed by atoms with Crippen LogP contribution in [0.5, 0.6) is 5.75 Å². The van der Waals surface area contributed by atoms with Gasteiger partial charge in [0.1, 0.15) is 17.6 Å². The van der Waals surface area contributed by atoms with Crippen molar-refractivity contribution in [3.63, 3.8) is 0 Å². The molecule has 4 heteroatoms. The van der Waals surface area contributed by atoms with Crippen LogP contribution in [0, 0.1) is 11.3 Å². The summed E-state index contributed by atoms with van der Waals surface area (Å²) in [7, 11) is 0. The third-order valence-electron chi connectivity index (χ3n) is 1.73. The summed E-state index contributed by atoms with van der Waals surface area (Å²) in [5, 5.41) is 18.1. The minimum absolute atomic E-state index is 0.0413. The van der Waals surface area contributed by atoms with Crippen LogP contribution in [0.2, 0.25) is 0 Å². The van der Waals surface area contributed by atoms with E-state index in [4.69, 9.17) is 5.26 Å². The number of phenols is 1. The molecule has 0 bridgehead atoms. The molecule has 0 fully saturated rings. The number of phenolic OH excluding ortho intramolecular Hbond substituents is 1. The first-order valence-corrected chi connectivity index (χ1v) is 5.09. The Balaban J connectivity index is 2.91. The highest BCUT2D eigenvalue weighted by atomic mass is 79.9. The van der Waals surface area contributed by atoms with Gasteiger partial charge < -0.3 is 5.11 Å². The van der Waals surface area contributed by atoms with Crippen molar-refractivity contribution in [2.45, 2.75) is 6.42 Å². The van der Waals surface area contributed by atoms with Crippen LogP contribution in [0.3, 0.4) is 0 Å². The highest BCUT2D eigenvalue weighted by Gasteiger charge is 2.05. The minimum atomic E-state index is -0.0532. The molecule has 0 aliphatic rings. The molecule has 0 saturated heterocycles. The normalized spacial score (nSPS) is 9.43. The second kappa shape index (κ2) is 4.77. The van der Waals surface area contributed by atoms with E-state index >= 15 is 0 Å². The second-order valence-corrected chi connectivity index (χ2v) is 3.37. The average Bonchev–Trinajstić information content (AvgIpc) is 2.20. The summed E-state index contributed by atoms with van der Waals surface area (Å²) in [4.78, 5) is 11.1. The van der Waals surface area contributed by atoms with Crippen molar-refractivity contribution in [2.24, 2.45) is 0 Å². The lowest BCUT2D eigenvalue weighted by atomic mass is 10.1. The van der Waals surface area contributed by atoms with Crippen molar-refractivity contribution in [2.75, 3.05) is 5.33 Å². The van der Waals surface area contributed by atoms with Gasteiger partial charge in [-0.3, -0.25) is 4.79 Å². The van der Waals surface area contributed by atoms with Crippen molar-refractivity contribution in [1.29, 1.82) is 5.26 Å². The van der Waals surface area contributed by atoms with Crippen molar-refractivity contribution >= 4 is 21.7 Å². The Bertz CT molecular complexity index is 396. The van der Waals surface area contributed by atoms with Gasteiger partial charge >= 0.3 is 0 Å². The largest absolute Gasteiger partial charge is 0.507 e. The maximum atomic E-state index is 11.1. The van der Waals surface area contributed by atoms with Crippen LogP contribution in [-0.4, -0.2) is 16.2 Å². The molecule has 1 N–H and O–H groups in total. The summed E-state index contributed by atoms with van der Waals surface area (Å²) in [6.45, 7) is 0. The van der Waals surface area contributed by atoms with E-state index < -0.39 is 0 Å². The second-order valence-electron chi connectivity index (χ2n) is 2.81. The molecule has 0 aliphatic heterocycles. The summed E-state index contributed by atoms with van der Waals surface area (Å²) in [6.07, 6.45) is 0.278. The zero-order chi connectivity index (χ0) is 10.6. The van der Waals surface area contributed by atoms with E-state index in [1.54, 1.807) is 6.07 Å². The molecule has 0 atom stereocenters. The Morgan fingerprint density at radius 2 is 2.29 bits per heavy atom. The van der Waals surface area contributed by atoms with E-state index in [1.807, 2.05) is 6.07 Å². The molecule has 0 unspecified atom stereocenters. The third-order valence-corrected chi connectivity index (χ3v) is 2.36. The summed E-state index contributed by atoms with van der Waals surface area (Å²) in [5.74, 6) is -0.0119. The fourth-order valence-corrected chi connectivity index (χ4v) is 1.26. The molecule has 0 spiro atoms. The maximum absolute atomic E-state index is 11.1. The number of hydrogen-bond donors (Lipinski definition) is 1. The first kappa shape index (κ1) is 10.7. The Labute approximate surface area is 90.1 Å². The fourth-order valence-electron chi connectivity index (χ4n) is 1.06. The van der Waals surface area contributed by atoms with Gasteiger partial charge in [0.2, 0.25) is 0 Å². The van der Waals surface area contributed by atoms with Gasteiger partial charge in [-0.05, 0) is 17.7 Å². The van der Waals surface area contributed by atoms with Crippen LogP contribution < -0.4 is 0 Å². The van der Waals surface area contributed by atoms with Gasteiger partial charge in [0, 0.05) is 6.42 Å². The quantitative estimate of drug-likeness (QED) is 0.836. The molecule has 0 heterocycles. The lowest BCUT2D eigenvalue weighted by Gasteiger charge is -2.00. The third kappa shape index (κ3) is 2.57. The Morgan fingerprint density at radius 1 is 1.57 bits per heavy atom. The van der Waals surface area contributed by atoms with E-state index in [-0.39, 0.29) is 23.5 Å². The molecule has 0 radical (unpaired) electrons. The topological polar surface area (TPSA) is 61.1 Å². The lowest BCUT2D eigenvalue weighted by Crippen LogP contribution is -2.03. The van der Waals surface area contributed by atoms with Crippen LogP contribution >= 0.6 is 15.9 Å². The number of hydrogen-bond acceptors (Lipinski definition) is 3. The number of nitrogens with zero attached hydrogens (tertiary/aromatic N) is 1. The molecule has 1 rings (SSSR count). The number of ketones is 1. The zero-order valence-corrected chi connectivity index (χ0v) is 8.91. The van der Waals surface area contributed by atoms with E-state index in [1.165, 1.54) is 12.1 Å². The van der Waals surface area contributed by atoms with Crippen LogP contribution in [0.25, 0.3) is 0 Å². The molecule has 14 heavy (non-hydrogen) atoms. The van der Waals surface area contributed by atoms with Gasteiger partial charge in [-0.1, -0.05) is 22.0 Å². The van der Waals surface area contributed by atoms with Crippen LogP contribution in [-0.2, 0) is 11.2 Å². The predicted molar refractivity (Wildman–Crippen MR) is 55.3 cm³/mol. The molecule has 0 saturated carbocycles. The Kier molecular flexibility index (Phi) is 3.66. The number of Topliss-reactive ketones (excluding diaryl/α,β-unsaturated/α-hetero) is 1. The molecule has 1 aromatic carbocycles. The summed E-state index contributed by atoms with van der Waals surface area (Å²) in [5.41, 5.74) is 0.939. The molecule has 0 aromatic heterocycles. The number of carbonyl (C=O) groups is 1. The van der Waals surface area contributed by atoms with Crippen LogP contribution in [0.15, 0.2) is 18.2 Å². The average molecular weight is 254 g/mol. The van der Waals surface area contributed by atoms with Crippen molar-refractivity contribution < 1.29 is 9.90 Å². The zero-order valence-electron chi connectivity index (χ0n) is 7.33. The number of halogens is 1. The number of benzene rings is 1. The van der Waals surface area contributed by atoms with E-state index in [0.717, 1.165) is 5.56 Å². The van der Waals surface area contributed by atoms with Crippen molar-refractivity contribution in [3.05, 3.63) is 29.3 Å². The standard InChI is InChI=1S/C10H8BrNO2/c11-5-9(13)4-7-1-2-10(14)8(3-7)6-12/h1-3,14H,4-5H2. The van der Waals surface area contributed by atoms with Gasteiger partial charge in [0.05, 0.1) is 10.9 Å². The van der Waals surface area contributed by atoms with E-state index in [9.17, 15) is 9.90 Å². The van der Waals surface area contributed by atoms with E-state index in [0.29, 0.717) is 5.33 Å². The fraction of sp³-hybridized carbons (Fsp3) is 0.200. The van der Waals surface area contributed by atoms with Gasteiger partial charge in [-0.2, -0.15) is 5.26 Å².